The summed E-state index contributed by atoms with van der Waals surface area (Å²) < 4.78 is 0. The van der Waals surface area contributed by atoms with Gasteiger partial charge in [0.05, 0.1) is 5.92 Å². The van der Waals surface area contributed by atoms with Gasteiger partial charge in [-0.05, 0) is 12.3 Å². The van der Waals surface area contributed by atoms with Gasteiger partial charge in [0.1, 0.15) is 5.69 Å². The molecule has 1 aromatic rings. The standard InChI is InChI=1S/C11H17N3O3S/c1-6(2)3-7(10(16)17)4-13-9(15)8-5-18-11(12)14-8/h5-7H,3-4H2,1-2H3,(H2,12,14)(H,13,15)(H,16,17). The Balaban J connectivity index is 2.52. The van der Waals surface area contributed by atoms with Gasteiger partial charge < -0.3 is 16.2 Å². The number of thiazole rings is 1. The van der Waals surface area contributed by atoms with Crippen molar-refractivity contribution in [1.82, 2.24) is 10.3 Å². The lowest BCUT2D eigenvalue weighted by Crippen LogP contribution is -2.33. The molecule has 1 rings (SSSR count). The fourth-order valence-electron chi connectivity index (χ4n) is 1.54. The van der Waals surface area contributed by atoms with Gasteiger partial charge >= 0.3 is 5.97 Å². The molecule has 1 amide bonds. The molecular weight excluding hydrogens is 254 g/mol. The summed E-state index contributed by atoms with van der Waals surface area (Å²) >= 11 is 1.17. The molecule has 0 aliphatic carbocycles. The molecule has 0 saturated heterocycles. The molecule has 7 heteroatoms. The molecule has 0 bridgehead atoms. The highest BCUT2D eigenvalue weighted by Crippen LogP contribution is 2.13. The van der Waals surface area contributed by atoms with Crippen molar-refractivity contribution < 1.29 is 14.7 Å². The van der Waals surface area contributed by atoms with Crippen molar-refractivity contribution in [2.45, 2.75) is 20.3 Å². The third kappa shape index (κ3) is 4.33. The van der Waals surface area contributed by atoms with Gasteiger partial charge in [-0.3, -0.25) is 9.59 Å². The smallest absolute Gasteiger partial charge is 0.308 e. The van der Waals surface area contributed by atoms with E-state index in [4.69, 9.17) is 10.8 Å². The summed E-state index contributed by atoms with van der Waals surface area (Å²) in [5, 5.41) is 13.5. The molecule has 6 nitrogen and oxygen atoms in total. The van der Waals surface area contributed by atoms with Gasteiger partial charge in [-0.25, -0.2) is 4.98 Å². The molecule has 0 saturated carbocycles. The topological polar surface area (TPSA) is 105 Å². The molecular formula is C11H17N3O3S. The Bertz CT molecular complexity index is 431. The van der Waals surface area contributed by atoms with Crippen LogP contribution in [0.2, 0.25) is 0 Å². The van der Waals surface area contributed by atoms with Crippen LogP contribution >= 0.6 is 11.3 Å². The molecule has 100 valence electrons. The first-order valence-corrected chi connectivity index (χ1v) is 6.50. The van der Waals surface area contributed by atoms with E-state index in [-0.39, 0.29) is 18.2 Å². The van der Waals surface area contributed by atoms with E-state index in [2.05, 4.69) is 10.3 Å². The largest absolute Gasteiger partial charge is 0.481 e. The van der Waals surface area contributed by atoms with E-state index < -0.39 is 17.8 Å². The number of anilines is 1. The number of aliphatic carboxylic acids is 1. The van der Waals surface area contributed by atoms with Crippen LogP contribution in [0.4, 0.5) is 5.13 Å². The van der Waals surface area contributed by atoms with E-state index in [9.17, 15) is 9.59 Å². The number of carbonyl (C=O) groups is 2. The van der Waals surface area contributed by atoms with Crippen LogP contribution in [0.25, 0.3) is 0 Å². The van der Waals surface area contributed by atoms with E-state index in [0.717, 1.165) is 0 Å². The number of nitrogens with zero attached hydrogens (tertiary/aromatic N) is 1. The van der Waals surface area contributed by atoms with E-state index in [1.807, 2.05) is 13.8 Å². The quantitative estimate of drug-likeness (QED) is 0.721. The normalized spacial score (nSPS) is 12.4. The minimum atomic E-state index is -0.901. The fraction of sp³-hybridized carbons (Fsp3) is 0.545. The number of hydrogen-bond acceptors (Lipinski definition) is 5. The Morgan fingerprint density at radius 3 is 2.67 bits per heavy atom. The van der Waals surface area contributed by atoms with Gasteiger partial charge in [0.25, 0.3) is 5.91 Å². The fourth-order valence-corrected chi connectivity index (χ4v) is 2.08. The Labute approximate surface area is 109 Å². The average molecular weight is 271 g/mol. The second-order valence-corrected chi connectivity index (χ2v) is 5.34. The average Bonchev–Trinajstić information content (AvgIpc) is 2.69. The second-order valence-electron chi connectivity index (χ2n) is 4.45. The summed E-state index contributed by atoms with van der Waals surface area (Å²) in [6.07, 6.45) is 0.523. The number of carbonyl (C=O) groups excluding carboxylic acids is 1. The van der Waals surface area contributed by atoms with Crippen LogP contribution < -0.4 is 11.1 Å². The molecule has 0 radical (unpaired) electrons. The maximum Gasteiger partial charge on any atom is 0.308 e. The Morgan fingerprint density at radius 1 is 1.56 bits per heavy atom. The molecule has 1 atom stereocenters. The van der Waals surface area contributed by atoms with Crippen molar-refractivity contribution in [2.24, 2.45) is 11.8 Å². The van der Waals surface area contributed by atoms with Crippen molar-refractivity contribution in [3.63, 3.8) is 0 Å². The van der Waals surface area contributed by atoms with Gasteiger partial charge in [-0.1, -0.05) is 13.8 Å². The molecule has 18 heavy (non-hydrogen) atoms. The van der Waals surface area contributed by atoms with Crippen molar-refractivity contribution in [3.05, 3.63) is 11.1 Å². The van der Waals surface area contributed by atoms with E-state index in [0.29, 0.717) is 11.6 Å². The first-order valence-electron chi connectivity index (χ1n) is 5.62. The number of hydrogen-bond donors (Lipinski definition) is 3. The lowest BCUT2D eigenvalue weighted by Gasteiger charge is -2.14. The predicted octanol–water partition coefficient (Wildman–Crippen LogP) is 1.20. The minimum Gasteiger partial charge on any atom is -0.481 e. The number of aromatic nitrogens is 1. The van der Waals surface area contributed by atoms with Crippen molar-refractivity contribution >= 4 is 28.3 Å². The van der Waals surface area contributed by atoms with Crippen LogP contribution in [-0.4, -0.2) is 28.5 Å². The highest BCUT2D eigenvalue weighted by atomic mass is 32.1. The van der Waals surface area contributed by atoms with Crippen LogP contribution in [0, 0.1) is 11.8 Å². The molecule has 1 aromatic heterocycles. The summed E-state index contributed by atoms with van der Waals surface area (Å²) in [5.74, 6) is -1.61. The Morgan fingerprint density at radius 2 is 2.22 bits per heavy atom. The third-order valence-electron chi connectivity index (χ3n) is 2.37. The number of amides is 1. The van der Waals surface area contributed by atoms with Crippen LogP contribution in [0.1, 0.15) is 30.8 Å². The summed E-state index contributed by atoms with van der Waals surface area (Å²) in [6.45, 7) is 3.99. The summed E-state index contributed by atoms with van der Waals surface area (Å²) in [6, 6.07) is 0. The third-order valence-corrected chi connectivity index (χ3v) is 3.04. The van der Waals surface area contributed by atoms with Crippen LogP contribution in [0.15, 0.2) is 5.38 Å². The molecule has 0 aliphatic rings. The SMILES string of the molecule is CC(C)CC(CNC(=O)c1csc(N)n1)C(=O)O. The molecule has 0 aromatic carbocycles. The number of carboxylic acid groups (broad SMARTS) is 1. The van der Waals surface area contributed by atoms with Gasteiger partial charge in [0.2, 0.25) is 0 Å². The van der Waals surface area contributed by atoms with Gasteiger partial charge in [0, 0.05) is 11.9 Å². The number of rotatable bonds is 6. The zero-order chi connectivity index (χ0) is 13.7. The molecule has 1 heterocycles. The highest BCUT2D eigenvalue weighted by Gasteiger charge is 2.20. The van der Waals surface area contributed by atoms with Crippen LogP contribution in [0.3, 0.4) is 0 Å². The summed E-state index contributed by atoms with van der Waals surface area (Å²) in [5.41, 5.74) is 5.65. The number of carboxylic acids is 1. The van der Waals surface area contributed by atoms with Crippen LogP contribution in [-0.2, 0) is 4.79 Å². The lowest BCUT2D eigenvalue weighted by molar-refractivity contribution is -0.142. The number of nitrogens with two attached hydrogens (primary N) is 1. The lowest BCUT2D eigenvalue weighted by atomic mass is 9.97. The molecule has 1 unspecified atom stereocenters. The van der Waals surface area contributed by atoms with E-state index >= 15 is 0 Å². The molecule has 0 spiro atoms. The van der Waals surface area contributed by atoms with Crippen LogP contribution in [0.5, 0.6) is 0 Å². The maximum atomic E-state index is 11.7. The predicted molar refractivity (Wildman–Crippen MR) is 69.4 cm³/mol. The zero-order valence-electron chi connectivity index (χ0n) is 10.3. The maximum absolute atomic E-state index is 11.7. The van der Waals surface area contributed by atoms with Gasteiger partial charge in [-0.2, -0.15) is 0 Å². The second kappa shape index (κ2) is 6.34. The molecule has 0 aliphatic heterocycles. The van der Waals surface area contributed by atoms with Crippen molar-refractivity contribution in [2.75, 3.05) is 12.3 Å². The zero-order valence-corrected chi connectivity index (χ0v) is 11.2. The monoisotopic (exact) mass is 271 g/mol. The Hall–Kier alpha value is -1.63. The number of nitrogen functional groups attached to an aromatic ring is 1. The molecule has 0 fully saturated rings. The summed E-state index contributed by atoms with van der Waals surface area (Å²) in [7, 11) is 0. The number of nitrogens with one attached hydrogen (secondary N) is 1. The first-order chi connectivity index (χ1) is 8.40. The highest BCUT2D eigenvalue weighted by molar-refractivity contribution is 7.13. The van der Waals surface area contributed by atoms with Crippen molar-refractivity contribution in [1.29, 1.82) is 0 Å². The first kappa shape index (κ1) is 14.4. The van der Waals surface area contributed by atoms with Gasteiger partial charge in [-0.15, -0.1) is 11.3 Å². The van der Waals surface area contributed by atoms with Crippen molar-refractivity contribution in [3.8, 4) is 0 Å². The van der Waals surface area contributed by atoms with E-state index in [1.165, 1.54) is 11.3 Å². The summed E-state index contributed by atoms with van der Waals surface area (Å²) in [4.78, 5) is 26.5. The minimum absolute atomic E-state index is 0.101. The Kier molecular flexibility index (Phi) is 5.08. The van der Waals surface area contributed by atoms with E-state index in [1.54, 1.807) is 5.38 Å². The molecule has 4 N–H and O–H groups in total. The van der Waals surface area contributed by atoms with Gasteiger partial charge in [0.15, 0.2) is 5.13 Å².